The molecule has 1 aromatic heterocycles. The predicted octanol–water partition coefficient (Wildman–Crippen LogP) is 4.35. The first kappa shape index (κ1) is 11.8. The Morgan fingerprint density at radius 3 is 2.35 bits per heavy atom. The van der Waals surface area contributed by atoms with Gasteiger partial charge in [0.05, 0.1) is 5.69 Å². The van der Waals surface area contributed by atoms with Crippen molar-refractivity contribution in [2.24, 2.45) is 0 Å². The van der Waals surface area contributed by atoms with Crippen LogP contribution in [0.3, 0.4) is 0 Å². The van der Waals surface area contributed by atoms with E-state index in [9.17, 15) is 0 Å². The molecule has 1 heteroatoms. The number of benzene rings is 1. The van der Waals surface area contributed by atoms with E-state index in [1.54, 1.807) is 0 Å². The molecule has 1 nitrogen and oxygen atoms in total. The SMILES string of the molecule is Cc1ccc(C(C)(C)C)cc1-c1ccccn1. The number of rotatable bonds is 1. The fraction of sp³-hybridized carbons (Fsp3) is 0.312. The first-order valence-electron chi connectivity index (χ1n) is 6.01. The third-order valence-corrected chi connectivity index (χ3v) is 3.04. The summed E-state index contributed by atoms with van der Waals surface area (Å²) in [5, 5.41) is 0. The highest BCUT2D eigenvalue weighted by atomic mass is 14.7. The number of hydrogen-bond donors (Lipinski definition) is 0. The molecule has 0 aliphatic rings. The van der Waals surface area contributed by atoms with Gasteiger partial charge in [-0.3, -0.25) is 4.98 Å². The topological polar surface area (TPSA) is 12.9 Å². The Labute approximate surface area is 104 Å². The quantitative estimate of drug-likeness (QED) is 0.703. The minimum Gasteiger partial charge on any atom is -0.256 e. The Bertz CT molecular complexity index is 507. The van der Waals surface area contributed by atoms with Gasteiger partial charge in [-0.15, -0.1) is 0 Å². The lowest BCUT2D eigenvalue weighted by Crippen LogP contribution is -2.11. The molecule has 0 saturated heterocycles. The molecule has 0 saturated carbocycles. The highest BCUT2D eigenvalue weighted by Gasteiger charge is 2.15. The molecule has 0 aliphatic carbocycles. The van der Waals surface area contributed by atoms with Crippen LogP contribution in [-0.4, -0.2) is 4.98 Å². The Kier molecular flexibility index (Phi) is 3.01. The summed E-state index contributed by atoms with van der Waals surface area (Å²) >= 11 is 0. The molecule has 2 rings (SSSR count). The van der Waals surface area contributed by atoms with Crippen molar-refractivity contribution in [3.05, 3.63) is 53.7 Å². The third-order valence-electron chi connectivity index (χ3n) is 3.04. The first-order chi connectivity index (χ1) is 7.98. The van der Waals surface area contributed by atoms with Crippen molar-refractivity contribution in [1.29, 1.82) is 0 Å². The summed E-state index contributed by atoms with van der Waals surface area (Å²) in [6.07, 6.45) is 1.85. The Hall–Kier alpha value is -1.63. The molecule has 0 aliphatic heterocycles. The molecule has 0 bridgehead atoms. The maximum absolute atomic E-state index is 4.43. The number of aryl methyl sites for hydroxylation is 1. The monoisotopic (exact) mass is 225 g/mol. The number of pyridine rings is 1. The van der Waals surface area contributed by atoms with E-state index in [1.807, 2.05) is 18.3 Å². The van der Waals surface area contributed by atoms with E-state index >= 15 is 0 Å². The Morgan fingerprint density at radius 2 is 1.76 bits per heavy atom. The summed E-state index contributed by atoms with van der Waals surface area (Å²) in [6, 6.07) is 12.7. The van der Waals surface area contributed by atoms with Gasteiger partial charge in [0.25, 0.3) is 0 Å². The standard InChI is InChI=1S/C16H19N/c1-12-8-9-13(16(2,3)4)11-14(12)15-7-5-6-10-17-15/h5-11H,1-4H3. The van der Waals surface area contributed by atoms with Crippen LogP contribution in [0.4, 0.5) is 0 Å². The smallest absolute Gasteiger partial charge is 0.0704 e. The van der Waals surface area contributed by atoms with Gasteiger partial charge in [0.15, 0.2) is 0 Å². The van der Waals surface area contributed by atoms with Gasteiger partial charge < -0.3 is 0 Å². The highest BCUT2D eigenvalue weighted by Crippen LogP contribution is 2.28. The fourth-order valence-corrected chi connectivity index (χ4v) is 1.89. The Morgan fingerprint density at radius 1 is 1.00 bits per heavy atom. The summed E-state index contributed by atoms with van der Waals surface area (Å²) in [7, 11) is 0. The van der Waals surface area contributed by atoms with Gasteiger partial charge in [-0.05, 0) is 41.7 Å². The second-order valence-corrected chi connectivity index (χ2v) is 5.49. The second kappa shape index (κ2) is 4.33. The molecule has 0 radical (unpaired) electrons. The van der Waals surface area contributed by atoms with Crippen molar-refractivity contribution < 1.29 is 0 Å². The molecule has 0 fully saturated rings. The minimum atomic E-state index is 0.178. The molecule has 1 aromatic carbocycles. The predicted molar refractivity (Wildman–Crippen MR) is 73.1 cm³/mol. The van der Waals surface area contributed by atoms with Crippen LogP contribution in [0.5, 0.6) is 0 Å². The van der Waals surface area contributed by atoms with Crippen LogP contribution >= 0.6 is 0 Å². The molecule has 0 amide bonds. The summed E-state index contributed by atoms with van der Waals surface area (Å²) in [6.45, 7) is 8.84. The van der Waals surface area contributed by atoms with Gasteiger partial charge in [-0.25, -0.2) is 0 Å². The molecule has 0 atom stereocenters. The van der Waals surface area contributed by atoms with Crippen molar-refractivity contribution in [2.45, 2.75) is 33.1 Å². The maximum atomic E-state index is 4.43. The number of aromatic nitrogens is 1. The van der Waals surface area contributed by atoms with Crippen molar-refractivity contribution in [1.82, 2.24) is 4.98 Å². The summed E-state index contributed by atoms with van der Waals surface area (Å²) in [5.41, 5.74) is 5.09. The molecule has 0 unspecified atom stereocenters. The van der Waals surface area contributed by atoms with E-state index in [0.717, 1.165) is 5.69 Å². The molecule has 0 N–H and O–H groups in total. The largest absolute Gasteiger partial charge is 0.256 e. The van der Waals surface area contributed by atoms with E-state index < -0.39 is 0 Å². The molecule has 17 heavy (non-hydrogen) atoms. The molecule has 2 aromatic rings. The van der Waals surface area contributed by atoms with Crippen LogP contribution in [0.1, 0.15) is 31.9 Å². The van der Waals surface area contributed by atoms with Crippen molar-refractivity contribution in [2.75, 3.05) is 0 Å². The molecular formula is C16H19N. The number of hydrogen-bond acceptors (Lipinski definition) is 1. The van der Waals surface area contributed by atoms with E-state index in [1.165, 1.54) is 16.7 Å². The van der Waals surface area contributed by atoms with Crippen molar-refractivity contribution in [3.63, 3.8) is 0 Å². The lowest BCUT2D eigenvalue weighted by atomic mass is 9.85. The van der Waals surface area contributed by atoms with Gasteiger partial charge in [-0.2, -0.15) is 0 Å². The van der Waals surface area contributed by atoms with Crippen LogP contribution in [0.15, 0.2) is 42.6 Å². The van der Waals surface area contributed by atoms with Crippen LogP contribution in [-0.2, 0) is 5.41 Å². The normalized spacial score (nSPS) is 11.5. The van der Waals surface area contributed by atoms with E-state index in [-0.39, 0.29) is 5.41 Å². The van der Waals surface area contributed by atoms with Crippen LogP contribution < -0.4 is 0 Å². The average Bonchev–Trinajstić information content (AvgIpc) is 2.29. The van der Waals surface area contributed by atoms with Crippen molar-refractivity contribution in [3.8, 4) is 11.3 Å². The minimum absolute atomic E-state index is 0.178. The van der Waals surface area contributed by atoms with Gasteiger partial charge >= 0.3 is 0 Å². The van der Waals surface area contributed by atoms with Gasteiger partial charge in [0.1, 0.15) is 0 Å². The summed E-state index contributed by atoms with van der Waals surface area (Å²) in [4.78, 5) is 4.43. The maximum Gasteiger partial charge on any atom is 0.0704 e. The lowest BCUT2D eigenvalue weighted by Gasteiger charge is -2.20. The zero-order valence-corrected chi connectivity index (χ0v) is 11.0. The fourth-order valence-electron chi connectivity index (χ4n) is 1.89. The number of nitrogens with zero attached hydrogens (tertiary/aromatic N) is 1. The van der Waals surface area contributed by atoms with Crippen LogP contribution in [0.25, 0.3) is 11.3 Å². The molecule has 0 spiro atoms. The summed E-state index contributed by atoms with van der Waals surface area (Å²) < 4.78 is 0. The lowest BCUT2D eigenvalue weighted by molar-refractivity contribution is 0.590. The molecule has 88 valence electrons. The summed E-state index contributed by atoms with van der Waals surface area (Å²) in [5.74, 6) is 0. The van der Waals surface area contributed by atoms with Crippen LogP contribution in [0.2, 0.25) is 0 Å². The van der Waals surface area contributed by atoms with E-state index in [4.69, 9.17) is 0 Å². The second-order valence-electron chi connectivity index (χ2n) is 5.49. The average molecular weight is 225 g/mol. The third kappa shape index (κ3) is 2.55. The Balaban J connectivity index is 2.55. The first-order valence-corrected chi connectivity index (χ1v) is 6.01. The highest BCUT2D eigenvalue weighted by molar-refractivity contribution is 5.64. The zero-order valence-electron chi connectivity index (χ0n) is 11.0. The van der Waals surface area contributed by atoms with Gasteiger partial charge in [0, 0.05) is 11.8 Å². The van der Waals surface area contributed by atoms with Gasteiger partial charge in [0.2, 0.25) is 0 Å². The van der Waals surface area contributed by atoms with Crippen molar-refractivity contribution >= 4 is 0 Å². The molecular weight excluding hydrogens is 206 g/mol. The molecule has 1 heterocycles. The van der Waals surface area contributed by atoms with Gasteiger partial charge in [-0.1, -0.05) is 39.0 Å². The zero-order chi connectivity index (χ0) is 12.5. The van der Waals surface area contributed by atoms with Crippen LogP contribution in [0, 0.1) is 6.92 Å². The van der Waals surface area contributed by atoms with E-state index in [2.05, 4.69) is 56.9 Å². The van der Waals surface area contributed by atoms with E-state index in [0.29, 0.717) is 0 Å².